The Kier molecular flexibility index (Phi) is 4.28. The van der Waals surface area contributed by atoms with Crippen molar-refractivity contribution in [3.8, 4) is 11.5 Å². The number of amides is 2. The lowest BCUT2D eigenvalue weighted by Crippen LogP contribution is -2.35. The highest BCUT2D eigenvalue weighted by molar-refractivity contribution is 5.95. The number of benzene rings is 1. The number of rotatable bonds is 3. The van der Waals surface area contributed by atoms with Crippen molar-refractivity contribution in [3.63, 3.8) is 0 Å². The Morgan fingerprint density at radius 2 is 2.04 bits per heavy atom. The molecule has 0 aliphatic carbocycles. The van der Waals surface area contributed by atoms with E-state index in [0.29, 0.717) is 36.6 Å². The van der Waals surface area contributed by atoms with Crippen LogP contribution in [0.3, 0.4) is 0 Å². The summed E-state index contributed by atoms with van der Waals surface area (Å²) in [6.07, 6.45) is 2.39. The van der Waals surface area contributed by atoms with Gasteiger partial charge in [-0.2, -0.15) is 0 Å². The number of nitrogens with one attached hydrogen (secondary N) is 1. The van der Waals surface area contributed by atoms with Crippen molar-refractivity contribution in [2.24, 2.45) is 5.92 Å². The van der Waals surface area contributed by atoms with E-state index < -0.39 is 0 Å². The van der Waals surface area contributed by atoms with Crippen LogP contribution in [0.5, 0.6) is 11.5 Å². The van der Waals surface area contributed by atoms with Crippen LogP contribution in [-0.4, -0.2) is 41.7 Å². The minimum Gasteiger partial charge on any atom is -0.454 e. The highest BCUT2D eigenvalue weighted by Crippen LogP contribution is 2.33. The van der Waals surface area contributed by atoms with Gasteiger partial charge in [-0.3, -0.25) is 9.59 Å². The predicted octanol–water partition coefficient (Wildman–Crippen LogP) is 1.63. The van der Waals surface area contributed by atoms with Crippen LogP contribution in [0.15, 0.2) is 36.5 Å². The topological polar surface area (TPSA) is 72.8 Å². The number of carbonyl (C=O) groups excluding carboxylic acids is 2. The number of ether oxygens (including phenoxy) is 2. The fourth-order valence-electron chi connectivity index (χ4n) is 3.54. The lowest BCUT2D eigenvalue weighted by atomic mass is 10.0. The van der Waals surface area contributed by atoms with E-state index in [4.69, 9.17) is 9.47 Å². The van der Waals surface area contributed by atoms with Crippen LogP contribution in [-0.2, 0) is 17.9 Å². The van der Waals surface area contributed by atoms with E-state index in [9.17, 15) is 9.59 Å². The minimum absolute atomic E-state index is 0.0129. The maximum absolute atomic E-state index is 13.1. The maximum atomic E-state index is 13.1. The van der Waals surface area contributed by atoms with Crippen LogP contribution in [0.25, 0.3) is 0 Å². The van der Waals surface area contributed by atoms with Crippen LogP contribution in [0.2, 0.25) is 0 Å². The van der Waals surface area contributed by atoms with Crippen molar-refractivity contribution in [2.75, 3.05) is 20.4 Å². The van der Waals surface area contributed by atoms with E-state index in [-0.39, 0.29) is 24.5 Å². The molecule has 7 heteroatoms. The predicted molar refractivity (Wildman–Crippen MR) is 93.9 cm³/mol. The van der Waals surface area contributed by atoms with Crippen molar-refractivity contribution in [2.45, 2.75) is 19.5 Å². The molecule has 2 amide bonds. The summed E-state index contributed by atoms with van der Waals surface area (Å²) in [6, 6.07) is 9.23. The van der Waals surface area contributed by atoms with Gasteiger partial charge in [0.2, 0.25) is 12.7 Å². The molecule has 0 radical (unpaired) electrons. The average Bonchev–Trinajstić information content (AvgIpc) is 3.25. The first kappa shape index (κ1) is 16.5. The Hall–Kier alpha value is -2.96. The lowest BCUT2D eigenvalue weighted by Gasteiger charge is -2.24. The highest BCUT2D eigenvalue weighted by Gasteiger charge is 2.27. The zero-order chi connectivity index (χ0) is 18.1. The molecule has 0 fully saturated rings. The molecule has 7 nitrogen and oxygen atoms in total. The standard InChI is InChI=1S/C19H21N3O4/c1-20-18(23)7-13-9-21-6-2-3-15(21)11-22(10-13)19(24)14-4-5-16-17(8-14)26-12-25-16/h2-6,8,13H,7,9-12H2,1H3,(H,20,23)/t13-/m0/s1. The third kappa shape index (κ3) is 3.12. The summed E-state index contributed by atoms with van der Waals surface area (Å²) < 4.78 is 12.8. The molecule has 1 aromatic carbocycles. The molecule has 1 N–H and O–H groups in total. The van der Waals surface area contributed by atoms with Gasteiger partial charge in [-0.05, 0) is 30.3 Å². The van der Waals surface area contributed by atoms with Crippen molar-refractivity contribution in [1.82, 2.24) is 14.8 Å². The van der Waals surface area contributed by atoms with Crippen LogP contribution in [0, 0.1) is 5.92 Å². The molecule has 4 rings (SSSR count). The minimum atomic E-state index is -0.0696. The molecule has 1 aromatic heterocycles. The van der Waals surface area contributed by atoms with E-state index in [1.54, 1.807) is 25.2 Å². The van der Waals surface area contributed by atoms with Gasteiger partial charge in [-0.1, -0.05) is 0 Å². The fraction of sp³-hybridized carbons (Fsp3) is 0.368. The summed E-state index contributed by atoms with van der Waals surface area (Å²) in [5.74, 6) is 1.22. The van der Waals surface area contributed by atoms with E-state index in [1.165, 1.54) is 0 Å². The number of carbonyl (C=O) groups is 2. The number of nitrogens with zero attached hydrogens (tertiary/aromatic N) is 2. The molecular weight excluding hydrogens is 334 g/mol. The fourth-order valence-corrected chi connectivity index (χ4v) is 3.54. The Morgan fingerprint density at radius 3 is 2.88 bits per heavy atom. The third-order valence-corrected chi connectivity index (χ3v) is 4.87. The van der Waals surface area contributed by atoms with Crippen LogP contribution < -0.4 is 14.8 Å². The number of aromatic nitrogens is 1. The van der Waals surface area contributed by atoms with Gasteiger partial charge in [0, 0.05) is 49.9 Å². The molecule has 2 aromatic rings. The second kappa shape index (κ2) is 6.74. The molecule has 1 atom stereocenters. The first-order chi connectivity index (χ1) is 12.6. The van der Waals surface area contributed by atoms with Gasteiger partial charge < -0.3 is 24.3 Å². The quantitative estimate of drug-likeness (QED) is 0.908. The van der Waals surface area contributed by atoms with Crippen molar-refractivity contribution in [3.05, 3.63) is 47.8 Å². The first-order valence-electron chi connectivity index (χ1n) is 8.67. The highest BCUT2D eigenvalue weighted by atomic mass is 16.7. The monoisotopic (exact) mass is 355 g/mol. The van der Waals surface area contributed by atoms with Crippen molar-refractivity contribution < 1.29 is 19.1 Å². The van der Waals surface area contributed by atoms with Gasteiger partial charge in [0.25, 0.3) is 5.91 Å². The Labute approximate surface area is 151 Å². The van der Waals surface area contributed by atoms with Gasteiger partial charge in [-0.15, -0.1) is 0 Å². The molecular formula is C19H21N3O4. The molecule has 0 bridgehead atoms. The third-order valence-electron chi connectivity index (χ3n) is 4.87. The molecule has 2 aliphatic heterocycles. The van der Waals surface area contributed by atoms with Crippen LogP contribution >= 0.6 is 0 Å². The van der Waals surface area contributed by atoms with Gasteiger partial charge in [0.1, 0.15) is 0 Å². The zero-order valence-corrected chi connectivity index (χ0v) is 14.6. The summed E-state index contributed by atoms with van der Waals surface area (Å²) in [7, 11) is 1.63. The first-order valence-corrected chi connectivity index (χ1v) is 8.67. The Balaban J connectivity index is 1.59. The molecule has 0 saturated carbocycles. The van der Waals surface area contributed by atoms with Gasteiger partial charge >= 0.3 is 0 Å². The summed E-state index contributed by atoms with van der Waals surface area (Å²) >= 11 is 0. The molecule has 0 unspecified atom stereocenters. The number of hydrogen-bond acceptors (Lipinski definition) is 4. The second-order valence-corrected chi connectivity index (χ2v) is 6.65. The molecule has 0 saturated heterocycles. The maximum Gasteiger partial charge on any atom is 0.254 e. The SMILES string of the molecule is CNC(=O)C[C@@H]1CN(C(=O)c2ccc3c(c2)OCO3)Cc2cccn2C1. The van der Waals surface area contributed by atoms with Crippen molar-refractivity contribution in [1.29, 1.82) is 0 Å². The molecule has 26 heavy (non-hydrogen) atoms. The summed E-state index contributed by atoms with van der Waals surface area (Å²) in [5.41, 5.74) is 1.63. The molecule has 3 heterocycles. The number of hydrogen-bond donors (Lipinski definition) is 1. The molecule has 136 valence electrons. The van der Waals surface area contributed by atoms with Gasteiger partial charge in [0.05, 0.1) is 6.54 Å². The normalized spacial score (nSPS) is 18.2. The second-order valence-electron chi connectivity index (χ2n) is 6.65. The molecule has 2 aliphatic rings. The summed E-state index contributed by atoms with van der Waals surface area (Å²) in [5, 5.41) is 2.67. The van der Waals surface area contributed by atoms with Gasteiger partial charge in [-0.25, -0.2) is 0 Å². The van der Waals surface area contributed by atoms with E-state index in [0.717, 1.165) is 12.2 Å². The average molecular weight is 355 g/mol. The number of fused-ring (bicyclic) bond motifs is 2. The van der Waals surface area contributed by atoms with E-state index in [1.807, 2.05) is 23.2 Å². The van der Waals surface area contributed by atoms with E-state index in [2.05, 4.69) is 9.88 Å². The van der Waals surface area contributed by atoms with Crippen LogP contribution in [0.1, 0.15) is 22.5 Å². The summed E-state index contributed by atoms with van der Waals surface area (Å²) in [6.45, 7) is 1.95. The Morgan fingerprint density at radius 1 is 1.19 bits per heavy atom. The largest absolute Gasteiger partial charge is 0.454 e. The van der Waals surface area contributed by atoms with Crippen LogP contribution in [0.4, 0.5) is 0 Å². The zero-order valence-electron chi connectivity index (χ0n) is 14.6. The van der Waals surface area contributed by atoms with Crippen molar-refractivity contribution >= 4 is 11.8 Å². The van der Waals surface area contributed by atoms with Gasteiger partial charge in [0.15, 0.2) is 11.5 Å². The molecule has 0 spiro atoms. The summed E-state index contributed by atoms with van der Waals surface area (Å²) in [4.78, 5) is 26.8. The van der Waals surface area contributed by atoms with E-state index >= 15 is 0 Å². The lowest BCUT2D eigenvalue weighted by molar-refractivity contribution is -0.121. The Bertz CT molecular complexity index is 845. The smallest absolute Gasteiger partial charge is 0.254 e.